The zero-order valence-corrected chi connectivity index (χ0v) is 6.46. The van der Waals surface area contributed by atoms with Gasteiger partial charge in [0.1, 0.15) is 11.5 Å². The van der Waals surface area contributed by atoms with Gasteiger partial charge in [-0.25, -0.2) is 0 Å². The van der Waals surface area contributed by atoms with Crippen LogP contribution < -0.4 is 5.32 Å². The second-order valence-electron chi connectivity index (χ2n) is 2.11. The van der Waals surface area contributed by atoms with Crippen molar-refractivity contribution in [2.24, 2.45) is 0 Å². The maximum Gasteiger partial charge on any atom is 0.180 e. The Hall–Kier alpha value is -1.45. The lowest BCUT2D eigenvalue weighted by Gasteiger charge is -1.96. The molecule has 0 aliphatic carbocycles. The number of aromatic nitrogens is 2. The van der Waals surface area contributed by atoms with Crippen molar-refractivity contribution in [3.63, 3.8) is 0 Å². The molecular formula is C7H9N3O. The maximum absolute atomic E-state index is 10.7. The molecule has 4 nitrogen and oxygen atoms in total. The number of ketones is 1. The van der Waals surface area contributed by atoms with Gasteiger partial charge in [-0.2, -0.15) is 0 Å². The highest BCUT2D eigenvalue weighted by Gasteiger charge is 1.99. The Balaban J connectivity index is 2.91. The molecule has 0 amide bonds. The number of carbonyl (C=O) groups is 1. The molecule has 1 aromatic rings. The van der Waals surface area contributed by atoms with Gasteiger partial charge < -0.3 is 5.32 Å². The highest BCUT2D eigenvalue weighted by Crippen LogP contribution is 2.00. The number of rotatable bonds is 2. The Morgan fingerprint density at radius 2 is 2.18 bits per heavy atom. The first-order chi connectivity index (χ1) is 5.24. The predicted octanol–water partition coefficient (Wildman–Crippen LogP) is 0.721. The van der Waals surface area contributed by atoms with Gasteiger partial charge in [-0.15, -0.1) is 10.2 Å². The zero-order valence-electron chi connectivity index (χ0n) is 6.46. The summed E-state index contributed by atoms with van der Waals surface area (Å²) in [4.78, 5) is 10.7. The third-order valence-corrected chi connectivity index (χ3v) is 1.28. The van der Waals surface area contributed by atoms with E-state index in [2.05, 4.69) is 15.5 Å². The number of carbonyl (C=O) groups excluding carboxylic acids is 1. The summed E-state index contributed by atoms with van der Waals surface area (Å²) in [7, 11) is 1.75. The molecule has 1 heterocycles. The molecule has 1 aromatic heterocycles. The van der Waals surface area contributed by atoms with Gasteiger partial charge in [0.25, 0.3) is 0 Å². The lowest BCUT2D eigenvalue weighted by molar-refractivity contribution is 0.101. The monoisotopic (exact) mass is 151 g/mol. The Labute approximate surface area is 64.6 Å². The van der Waals surface area contributed by atoms with E-state index in [4.69, 9.17) is 0 Å². The second-order valence-corrected chi connectivity index (χ2v) is 2.11. The van der Waals surface area contributed by atoms with Crippen LogP contribution in [0.5, 0.6) is 0 Å². The zero-order chi connectivity index (χ0) is 8.27. The summed E-state index contributed by atoms with van der Waals surface area (Å²) in [6.07, 6.45) is 0. The molecule has 0 saturated heterocycles. The minimum atomic E-state index is -0.0693. The van der Waals surface area contributed by atoms with Crippen LogP contribution in [0.3, 0.4) is 0 Å². The van der Waals surface area contributed by atoms with Crippen molar-refractivity contribution in [1.82, 2.24) is 10.2 Å². The van der Waals surface area contributed by atoms with Crippen molar-refractivity contribution in [1.29, 1.82) is 0 Å². The number of hydrogen-bond acceptors (Lipinski definition) is 4. The van der Waals surface area contributed by atoms with Crippen LogP contribution in [-0.2, 0) is 0 Å². The number of nitrogens with one attached hydrogen (secondary N) is 1. The number of Topliss-reactive ketones (excluding diaryl/α,β-unsaturated/α-hetero) is 1. The molecule has 0 aliphatic rings. The van der Waals surface area contributed by atoms with Crippen LogP contribution >= 0.6 is 0 Å². The fourth-order valence-corrected chi connectivity index (χ4v) is 0.653. The van der Waals surface area contributed by atoms with Crippen LogP contribution in [0.1, 0.15) is 17.4 Å². The summed E-state index contributed by atoms with van der Waals surface area (Å²) in [5.41, 5.74) is 0.393. The van der Waals surface area contributed by atoms with E-state index >= 15 is 0 Å². The molecule has 0 radical (unpaired) electrons. The molecule has 0 aromatic carbocycles. The average molecular weight is 151 g/mol. The molecule has 58 valence electrons. The first kappa shape index (κ1) is 7.65. The van der Waals surface area contributed by atoms with Crippen molar-refractivity contribution >= 4 is 11.6 Å². The number of nitrogens with zero attached hydrogens (tertiary/aromatic N) is 2. The SMILES string of the molecule is CNc1ccc(C(C)=O)nn1. The van der Waals surface area contributed by atoms with Gasteiger partial charge >= 0.3 is 0 Å². The molecule has 0 bridgehead atoms. The van der Waals surface area contributed by atoms with E-state index in [9.17, 15) is 4.79 Å². The van der Waals surface area contributed by atoms with E-state index in [1.54, 1.807) is 19.2 Å². The quantitative estimate of drug-likeness (QED) is 0.633. The Morgan fingerprint density at radius 1 is 1.45 bits per heavy atom. The Kier molecular flexibility index (Phi) is 2.15. The molecule has 0 unspecified atom stereocenters. The van der Waals surface area contributed by atoms with Crippen LogP contribution in [0, 0.1) is 0 Å². The first-order valence-corrected chi connectivity index (χ1v) is 3.26. The summed E-state index contributed by atoms with van der Waals surface area (Å²) < 4.78 is 0. The molecule has 1 N–H and O–H groups in total. The van der Waals surface area contributed by atoms with Gasteiger partial charge in [0.05, 0.1) is 0 Å². The molecule has 0 aliphatic heterocycles. The van der Waals surface area contributed by atoms with Crippen LogP contribution in [0.4, 0.5) is 5.82 Å². The van der Waals surface area contributed by atoms with Crippen LogP contribution in [0.2, 0.25) is 0 Å². The van der Waals surface area contributed by atoms with Gasteiger partial charge in [-0.05, 0) is 12.1 Å². The van der Waals surface area contributed by atoms with Crippen molar-refractivity contribution in [3.05, 3.63) is 17.8 Å². The third-order valence-electron chi connectivity index (χ3n) is 1.28. The highest BCUT2D eigenvalue weighted by molar-refractivity contribution is 5.91. The molecule has 0 spiro atoms. The normalized spacial score (nSPS) is 9.27. The Morgan fingerprint density at radius 3 is 2.55 bits per heavy atom. The maximum atomic E-state index is 10.7. The predicted molar refractivity (Wildman–Crippen MR) is 41.6 cm³/mol. The topological polar surface area (TPSA) is 54.9 Å². The van der Waals surface area contributed by atoms with Gasteiger partial charge in [0, 0.05) is 14.0 Å². The lowest BCUT2D eigenvalue weighted by Crippen LogP contribution is -2.00. The van der Waals surface area contributed by atoms with Crippen LogP contribution in [0.15, 0.2) is 12.1 Å². The molecule has 0 atom stereocenters. The minimum Gasteiger partial charge on any atom is -0.372 e. The van der Waals surface area contributed by atoms with Crippen molar-refractivity contribution < 1.29 is 4.79 Å². The van der Waals surface area contributed by atoms with E-state index in [-0.39, 0.29) is 5.78 Å². The smallest absolute Gasteiger partial charge is 0.180 e. The van der Waals surface area contributed by atoms with Crippen molar-refractivity contribution in [2.75, 3.05) is 12.4 Å². The van der Waals surface area contributed by atoms with Gasteiger partial charge in [-0.3, -0.25) is 4.79 Å². The summed E-state index contributed by atoms with van der Waals surface area (Å²) in [6, 6.07) is 3.35. The second kappa shape index (κ2) is 3.09. The van der Waals surface area contributed by atoms with E-state index in [0.29, 0.717) is 11.5 Å². The minimum absolute atomic E-state index is 0.0693. The van der Waals surface area contributed by atoms with E-state index < -0.39 is 0 Å². The molecule has 0 saturated carbocycles. The van der Waals surface area contributed by atoms with Crippen molar-refractivity contribution in [2.45, 2.75) is 6.92 Å². The van der Waals surface area contributed by atoms with E-state index in [0.717, 1.165) is 0 Å². The third kappa shape index (κ3) is 1.73. The number of anilines is 1. The number of hydrogen-bond donors (Lipinski definition) is 1. The highest BCUT2D eigenvalue weighted by atomic mass is 16.1. The van der Waals surface area contributed by atoms with Crippen LogP contribution in [0.25, 0.3) is 0 Å². The summed E-state index contributed by atoms with van der Waals surface area (Å²) >= 11 is 0. The molecule has 1 rings (SSSR count). The van der Waals surface area contributed by atoms with Crippen molar-refractivity contribution in [3.8, 4) is 0 Å². The summed E-state index contributed by atoms with van der Waals surface area (Å²) in [5.74, 6) is 0.593. The Bertz CT molecular complexity index is 255. The van der Waals surface area contributed by atoms with Crippen LogP contribution in [-0.4, -0.2) is 23.0 Å². The standard InChI is InChI=1S/C7H9N3O/c1-5(11)6-3-4-7(8-2)10-9-6/h3-4H,1-2H3,(H,8,10). The van der Waals surface area contributed by atoms with Gasteiger partial charge in [-0.1, -0.05) is 0 Å². The fraction of sp³-hybridized carbons (Fsp3) is 0.286. The van der Waals surface area contributed by atoms with E-state index in [1.165, 1.54) is 6.92 Å². The van der Waals surface area contributed by atoms with Gasteiger partial charge in [0.2, 0.25) is 0 Å². The lowest BCUT2D eigenvalue weighted by atomic mass is 10.3. The summed E-state index contributed by atoms with van der Waals surface area (Å²) in [5, 5.41) is 10.2. The molecule has 0 fully saturated rings. The van der Waals surface area contributed by atoms with E-state index in [1.807, 2.05) is 0 Å². The molecule has 11 heavy (non-hydrogen) atoms. The largest absolute Gasteiger partial charge is 0.372 e. The van der Waals surface area contributed by atoms with Gasteiger partial charge in [0.15, 0.2) is 5.78 Å². The molecular weight excluding hydrogens is 142 g/mol. The summed E-state index contributed by atoms with van der Waals surface area (Å²) in [6.45, 7) is 1.46. The average Bonchev–Trinajstić information content (AvgIpc) is 2.05. The fourth-order valence-electron chi connectivity index (χ4n) is 0.653. The first-order valence-electron chi connectivity index (χ1n) is 3.26. The molecule has 4 heteroatoms.